The second-order valence-electron chi connectivity index (χ2n) is 7.59. The van der Waals surface area contributed by atoms with Crippen molar-refractivity contribution in [3.63, 3.8) is 0 Å². The molecule has 0 radical (unpaired) electrons. The van der Waals surface area contributed by atoms with Crippen LogP contribution in [0.4, 0.5) is 26.3 Å². The van der Waals surface area contributed by atoms with Crippen LogP contribution in [0.1, 0.15) is 39.8 Å². The second-order valence-corrected chi connectivity index (χ2v) is 7.59. The van der Waals surface area contributed by atoms with E-state index in [9.17, 15) is 31.1 Å². The molecule has 1 N–H and O–H groups in total. The summed E-state index contributed by atoms with van der Waals surface area (Å²) >= 11 is 0. The lowest BCUT2D eigenvalue weighted by Gasteiger charge is -2.15. The number of Topliss-reactive ketones (excluding diaryl/α,β-unsaturated/α-hetero) is 1. The van der Waals surface area contributed by atoms with Crippen LogP contribution in [-0.2, 0) is 12.4 Å². The normalized spacial score (nSPS) is 12.6. The summed E-state index contributed by atoms with van der Waals surface area (Å²) in [5.41, 5.74) is -0.741. The number of hydrogen-bond acceptors (Lipinski definition) is 2. The first-order valence-electron chi connectivity index (χ1n) is 10.00. The summed E-state index contributed by atoms with van der Waals surface area (Å²) in [5, 5.41) is 0. The highest BCUT2D eigenvalue weighted by molar-refractivity contribution is 6.02. The van der Waals surface area contributed by atoms with Gasteiger partial charge in [0, 0.05) is 5.56 Å². The van der Waals surface area contributed by atoms with Crippen LogP contribution >= 0.6 is 0 Å². The van der Waals surface area contributed by atoms with Gasteiger partial charge in [0.2, 0.25) is 0 Å². The van der Waals surface area contributed by atoms with E-state index >= 15 is 0 Å². The van der Waals surface area contributed by atoms with E-state index in [0.29, 0.717) is 5.56 Å². The van der Waals surface area contributed by atoms with E-state index in [1.165, 1.54) is 49.4 Å². The van der Waals surface area contributed by atoms with Gasteiger partial charge < -0.3 is 4.98 Å². The number of nitrogens with zero attached hydrogens (tertiary/aromatic N) is 1. The number of carbonyl (C=O) groups is 1. The van der Waals surface area contributed by atoms with Gasteiger partial charge in [0.15, 0.2) is 5.78 Å². The van der Waals surface area contributed by atoms with Crippen molar-refractivity contribution in [2.45, 2.75) is 19.3 Å². The first-order valence-corrected chi connectivity index (χ1v) is 10.00. The van der Waals surface area contributed by atoms with Crippen molar-refractivity contribution in [2.75, 3.05) is 0 Å². The highest BCUT2D eigenvalue weighted by Crippen LogP contribution is 2.40. The molecule has 1 heterocycles. The van der Waals surface area contributed by atoms with Gasteiger partial charge in [0.05, 0.1) is 22.2 Å². The second kappa shape index (κ2) is 8.48. The zero-order valence-corrected chi connectivity index (χ0v) is 17.6. The minimum atomic E-state index is -4.69. The van der Waals surface area contributed by atoms with Gasteiger partial charge in [-0.25, -0.2) is 4.98 Å². The molecular formula is C25H16F6N2O. The van der Waals surface area contributed by atoms with E-state index in [4.69, 9.17) is 0 Å². The highest BCUT2D eigenvalue weighted by Gasteiger charge is 2.35. The standard InChI is InChI=1S/C25H16F6N2O/c1-14(34)17-4-2-3-5-18(17)19-12-21-22(13-20(19)25(29,30)31)33-23(32-21)11-8-15-6-9-16(10-7-15)24(26,27)28/h2-13H,1H3,(H,32,33). The van der Waals surface area contributed by atoms with Crippen LogP contribution in [0.3, 0.4) is 0 Å². The average Bonchev–Trinajstić information content (AvgIpc) is 3.18. The third-order valence-electron chi connectivity index (χ3n) is 5.21. The van der Waals surface area contributed by atoms with Crippen LogP contribution in [0.2, 0.25) is 0 Å². The molecule has 0 spiro atoms. The average molecular weight is 474 g/mol. The Morgan fingerprint density at radius 2 is 1.53 bits per heavy atom. The number of aromatic nitrogens is 2. The molecule has 4 rings (SSSR count). The largest absolute Gasteiger partial charge is 0.417 e. The molecule has 0 aliphatic heterocycles. The van der Waals surface area contributed by atoms with Crippen LogP contribution < -0.4 is 0 Å². The first-order chi connectivity index (χ1) is 15.9. The van der Waals surface area contributed by atoms with Crippen LogP contribution in [-0.4, -0.2) is 15.8 Å². The van der Waals surface area contributed by atoms with Crippen molar-refractivity contribution in [1.29, 1.82) is 0 Å². The molecule has 0 saturated carbocycles. The van der Waals surface area contributed by atoms with Gasteiger partial charge in [-0.2, -0.15) is 26.3 Å². The molecule has 1 aromatic heterocycles. The maximum Gasteiger partial charge on any atom is 0.417 e. The molecule has 0 atom stereocenters. The van der Waals surface area contributed by atoms with E-state index < -0.39 is 23.5 Å². The zero-order chi connectivity index (χ0) is 24.7. The van der Waals surface area contributed by atoms with Crippen molar-refractivity contribution >= 4 is 29.0 Å². The molecule has 0 saturated heterocycles. The third kappa shape index (κ3) is 4.73. The molecule has 0 aliphatic rings. The number of ketones is 1. The summed E-state index contributed by atoms with van der Waals surface area (Å²) in [5.74, 6) is -0.147. The van der Waals surface area contributed by atoms with Gasteiger partial charge in [0.25, 0.3) is 0 Å². The van der Waals surface area contributed by atoms with Gasteiger partial charge in [-0.1, -0.05) is 42.5 Å². The topological polar surface area (TPSA) is 45.8 Å². The van der Waals surface area contributed by atoms with Crippen molar-refractivity contribution in [2.24, 2.45) is 0 Å². The Morgan fingerprint density at radius 3 is 2.15 bits per heavy atom. The number of imidazole rings is 1. The maximum atomic E-state index is 13.9. The molecule has 4 aromatic rings. The van der Waals surface area contributed by atoms with Gasteiger partial charge in [-0.3, -0.25) is 4.79 Å². The Morgan fingerprint density at radius 1 is 0.853 bits per heavy atom. The summed E-state index contributed by atoms with van der Waals surface area (Å²) in [4.78, 5) is 19.1. The molecule has 0 fully saturated rings. The molecule has 174 valence electrons. The third-order valence-corrected chi connectivity index (χ3v) is 5.21. The Hall–Kier alpha value is -3.88. The Kier molecular flexibility index (Phi) is 5.80. The number of aromatic amines is 1. The summed E-state index contributed by atoms with van der Waals surface area (Å²) in [6.45, 7) is 1.28. The van der Waals surface area contributed by atoms with Crippen molar-refractivity contribution in [1.82, 2.24) is 9.97 Å². The summed E-state index contributed by atoms with van der Waals surface area (Å²) in [7, 11) is 0. The molecule has 0 unspecified atom stereocenters. The van der Waals surface area contributed by atoms with E-state index in [1.54, 1.807) is 12.1 Å². The summed E-state index contributed by atoms with van der Waals surface area (Å²) in [6.07, 6.45) is -6.18. The SMILES string of the molecule is CC(=O)c1ccccc1-c1cc2nc(C=Cc3ccc(C(F)(F)F)cc3)[nH]c2cc1C(F)(F)F. The number of alkyl halides is 6. The monoisotopic (exact) mass is 474 g/mol. The molecule has 9 heteroatoms. The molecular weight excluding hydrogens is 458 g/mol. The van der Waals surface area contributed by atoms with Crippen LogP contribution in [0.5, 0.6) is 0 Å². The van der Waals surface area contributed by atoms with Crippen LogP contribution in [0, 0.1) is 0 Å². The fourth-order valence-corrected chi connectivity index (χ4v) is 3.60. The predicted molar refractivity (Wildman–Crippen MR) is 117 cm³/mol. The molecule has 3 aromatic carbocycles. The number of fused-ring (bicyclic) bond motifs is 1. The molecule has 0 amide bonds. The van der Waals surface area contributed by atoms with Crippen LogP contribution in [0.15, 0.2) is 60.7 Å². The molecule has 0 bridgehead atoms. The van der Waals surface area contributed by atoms with Crippen molar-refractivity contribution in [3.8, 4) is 11.1 Å². The first kappa shape index (κ1) is 23.3. The van der Waals surface area contributed by atoms with Gasteiger partial charge in [-0.15, -0.1) is 0 Å². The fourth-order valence-electron chi connectivity index (χ4n) is 3.60. The lowest BCUT2D eigenvalue weighted by molar-refractivity contribution is -0.138. The number of H-pyrrole nitrogens is 1. The van der Waals surface area contributed by atoms with Crippen molar-refractivity contribution < 1.29 is 31.1 Å². The van der Waals surface area contributed by atoms with Crippen molar-refractivity contribution in [3.05, 3.63) is 88.7 Å². The van der Waals surface area contributed by atoms with Gasteiger partial charge in [0.1, 0.15) is 5.82 Å². The zero-order valence-electron chi connectivity index (χ0n) is 17.6. The molecule has 3 nitrogen and oxygen atoms in total. The quantitative estimate of drug-likeness (QED) is 0.244. The number of halogens is 6. The number of rotatable bonds is 4. The van der Waals surface area contributed by atoms with Gasteiger partial charge in [-0.05, 0) is 54.0 Å². The van der Waals surface area contributed by atoms with Gasteiger partial charge >= 0.3 is 12.4 Å². The number of hydrogen-bond donors (Lipinski definition) is 1. The summed E-state index contributed by atoms with van der Waals surface area (Å²) < 4.78 is 79.7. The Balaban J connectivity index is 1.76. The highest BCUT2D eigenvalue weighted by atomic mass is 19.4. The Labute approximate surface area is 189 Å². The minimum absolute atomic E-state index is 0.128. The molecule has 0 aliphatic carbocycles. The number of benzene rings is 3. The minimum Gasteiger partial charge on any atom is -0.338 e. The fraction of sp³-hybridized carbons (Fsp3) is 0.120. The van der Waals surface area contributed by atoms with Crippen LogP contribution in [0.25, 0.3) is 34.3 Å². The summed E-state index contributed by atoms with van der Waals surface area (Å²) in [6, 6.07) is 12.7. The lowest BCUT2D eigenvalue weighted by Crippen LogP contribution is -2.08. The van der Waals surface area contributed by atoms with E-state index in [1.807, 2.05) is 0 Å². The Bertz CT molecular complexity index is 1400. The maximum absolute atomic E-state index is 13.9. The number of carbonyl (C=O) groups excluding carboxylic acids is 1. The number of nitrogens with one attached hydrogen (secondary N) is 1. The smallest absolute Gasteiger partial charge is 0.338 e. The van der Waals surface area contributed by atoms with E-state index in [-0.39, 0.29) is 39.3 Å². The molecule has 34 heavy (non-hydrogen) atoms. The predicted octanol–water partition coefficient (Wildman–Crippen LogP) is 7.64. The lowest BCUT2D eigenvalue weighted by atomic mass is 9.93. The van der Waals surface area contributed by atoms with E-state index in [0.717, 1.165) is 18.2 Å². The van der Waals surface area contributed by atoms with E-state index in [2.05, 4.69) is 9.97 Å².